The van der Waals surface area contributed by atoms with E-state index in [-0.39, 0.29) is 18.5 Å². The molecule has 1 fully saturated rings. The third-order valence-electron chi connectivity index (χ3n) is 3.96. The molecular formula is C14H28N2O3S. The van der Waals surface area contributed by atoms with E-state index in [4.69, 9.17) is 0 Å². The lowest BCUT2D eigenvalue weighted by atomic mass is 10.00. The van der Waals surface area contributed by atoms with Crippen molar-refractivity contribution in [3.63, 3.8) is 0 Å². The molecule has 1 aliphatic heterocycles. The lowest BCUT2D eigenvalue weighted by molar-refractivity contribution is -0.135. The molecule has 1 saturated heterocycles. The van der Waals surface area contributed by atoms with E-state index in [1.165, 1.54) is 10.6 Å². The van der Waals surface area contributed by atoms with Crippen LogP contribution in [0.4, 0.5) is 0 Å². The number of carbonyl (C=O) groups excluding carboxylic acids is 1. The van der Waals surface area contributed by atoms with Crippen molar-refractivity contribution < 1.29 is 13.2 Å². The molecule has 1 unspecified atom stereocenters. The third-order valence-corrected chi connectivity index (χ3v) is 5.21. The molecule has 20 heavy (non-hydrogen) atoms. The number of nitrogens with zero attached hydrogens (tertiary/aromatic N) is 2. The lowest BCUT2D eigenvalue weighted by Crippen LogP contribution is -2.48. The maximum absolute atomic E-state index is 12.4. The van der Waals surface area contributed by atoms with Crippen molar-refractivity contribution in [2.24, 2.45) is 0 Å². The monoisotopic (exact) mass is 304 g/mol. The van der Waals surface area contributed by atoms with E-state index in [0.29, 0.717) is 6.54 Å². The maximum Gasteiger partial charge on any atom is 0.238 e. The zero-order valence-corrected chi connectivity index (χ0v) is 13.8. The molecule has 1 heterocycles. The number of carbonyl (C=O) groups is 1. The standard InChI is InChI=1S/C14H28N2O3S/c1-4-6-10-15(20(3,18)19)12-14(17)16-11-8-7-9-13(16)5-2/h13H,4-12H2,1-3H3. The first-order chi connectivity index (χ1) is 9.40. The Morgan fingerprint density at radius 1 is 1.30 bits per heavy atom. The molecule has 0 saturated carbocycles. The minimum atomic E-state index is -3.31. The summed E-state index contributed by atoms with van der Waals surface area (Å²) in [5.41, 5.74) is 0. The van der Waals surface area contributed by atoms with Gasteiger partial charge < -0.3 is 4.90 Å². The zero-order chi connectivity index (χ0) is 15.2. The van der Waals surface area contributed by atoms with Gasteiger partial charge in [-0.1, -0.05) is 20.3 Å². The highest BCUT2D eigenvalue weighted by Gasteiger charge is 2.28. The van der Waals surface area contributed by atoms with Crippen LogP contribution in [0.15, 0.2) is 0 Å². The number of likely N-dealkylation sites (tertiary alicyclic amines) is 1. The molecule has 0 aromatic heterocycles. The minimum Gasteiger partial charge on any atom is -0.339 e. The Balaban J connectivity index is 2.69. The number of rotatable bonds is 7. The maximum atomic E-state index is 12.4. The second kappa shape index (κ2) is 7.98. The molecule has 0 spiro atoms. The number of piperidine rings is 1. The Labute approximate surface area is 123 Å². The van der Waals surface area contributed by atoms with Gasteiger partial charge in [0.15, 0.2) is 0 Å². The van der Waals surface area contributed by atoms with Crippen LogP contribution in [0.25, 0.3) is 0 Å². The third kappa shape index (κ3) is 5.05. The van der Waals surface area contributed by atoms with Crippen molar-refractivity contribution in [2.75, 3.05) is 25.9 Å². The summed E-state index contributed by atoms with van der Waals surface area (Å²) >= 11 is 0. The summed E-state index contributed by atoms with van der Waals surface area (Å²) in [5, 5.41) is 0. The average molecular weight is 304 g/mol. The molecule has 1 amide bonds. The second-order valence-electron chi connectivity index (χ2n) is 5.60. The molecule has 6 heteroatoms. The van der Waals surface area contributed by atoms with Gasteiger partial charge in [0.25, 0.3) is 0 Å². The first-order valence-corrected chi connectivity index (χ1v) is 9.49. The normalized spacial score (nSPS) is 20.4. The zero-order valence-electron chi connectivity index (χ0n) is 13.0. The van der Waals surface area contributed by atoms with Crippen LogP contribution < -0.4 is 0 Å². The summed E-state index contributed by atoms with van der Waals surface area (Å²) in [7, 11) is -3.31. The van der Waals surface area contributed by atoms with Crippen molar-refractivity contribution in [3.05, 3.63) is 0 Å². The summed E-state index contributed by atoms with van der Waals surface area (Å²) in [6, 6.07) is 0.281. The van der Waals surface area contributed by atoms with Gasteiger partial charge in [0.05, 0.1) is 12.8 Å². The summed E-state index contributed by atoms with van der Waals surface area (Å²) in [6.45, 7) is 5.30. The summed E-state index contributed by atoms with van der Waals surface area (Å²) in [6.07, 6.45) is 7.06. The number of hydrogen-bond donors (Lipinski definition) is 0. The van der Waals surface area contributed by atoms with Gasteiger partial charge in [-0.15, -0.1) is 0 Å². The molecule has 5 nitrogen and oxygen atoms in total. The van der Waals surface area contributed by atoms with Crippen LogP contribution in [0.2, 0.25) is 0 Å². The van der Waals surface area contributed by atoms with Crippen molar-refractivity contribution >= 4 is 15.9 Å². The van der Waals surface area contributed by atoms with Crippen molar-refractivity contribution in [1.29, 1.82) is 0 Å². The van der Waals surface area contributed by atoms with Gasteiger partial charge in [0.2, 0.25) is 15.9 Å². The van der Waals surface area contributed by atoms with Gasteiger partial charge in [0, 0.05) is 19.1 Å². The molecule has 118 valence electrons. The molecule has 1 rings (SSSR count). The van der Waals surface area contributed by atoms with Gasteiger partial charge in [0.1, 0.15) is 0 Å². The predicted molar refractivity (Wildman–Crippen MR) is 81.0 cm³/mol. The van der Waals surface area contributed by atoms with Gasteiger partial charge in [-0.25, -0.2) is 8.42 Å². The largest absolute Gasteiger partial charge is 0.339 e. The number of sulfonamides is 1. The Bertz CT molecular complexity index is 409. The fourth-order valence-electron chi connectivity index (χ4n) is 2.69. The summed E-state index contributed by atoms with van der Waals surface area (Å²) in [5.74, 6) is -0.0434. The van der Waals surface area contributed by atoms with Crippen LogP contribution in [0.5, 0.6) is 0 Å². The van der Waals surface area contributed by atoms with Crippen molar-refractivity contribution in [3.8, 4) is 0 Å². The van der Waals surface area contributed by atoms with Crippen LogP contribution in [-0.4, -0.2) is 55.5 Å². The SMILES string of the molecule is CCCCN(CC(=O)N1CCCCC1CC)S(C)(=O)=O. The topological polar surface area (TPSA) is 57.7 Å². The fourth-order valence-corrected chi connectivity index (χ4v) is 3.50. The van der Waals surface area contributed by atoms with E-state index in [2.05, 4.69) is 6.92 Å². The quantitative estimate of drug-likeness (QED) is 0.721. The molecule has 0 radical (unpaired) electrons. The Morgan fingerprint density at radius 2 is 2.00 bits per heavy atom. The molecule has 1 aliphatic rings. The van der Waals surface area contributed by atoms with Crippen LogP contribution in [0.3, 0.4) is 0 Å². The van der Waals surface area contributed by atoms with Gasteiger partial charge >= 0.3 is 0 Å². The first kappa shape index (κ1) is 17.4. The molecule has 0 aliphatic carbocycles. The van der Waals surface area contributed by atoms with E-state index in [9.17, 15) is 13.2 Å². The smallest absolute Gasteiger partial charge is 0.238 e. The van der Waals surface area contributed by atoms with Gasteiger partial charge in [-0.2, -0.15) is 4.31 Å². The van der Waals surface area contributed by atoms with Crippen LogP contribution >= 0.6 is 0 Å². The summed E-state index contributed by atoms with van der Waals surface area (Å²) in [4.78, 5) is 14.3. The van der Waals surface area contributed by atoms with Crippen molar-refractivity contribution in [1.82, 2.24) is 9.21 Å². The molecule has 0 aromatic carbocycles. The second-order valence-corrected chi connectivity index (χ2v) is 7.58. The van der Waals surface area contributed by atoms with E-state index >= 15 is 0 Å². The van der Waals surface area contributed by atoms with E-state index in [1.807, 2.05) is 11.8 Å². The molecule has 1 atom stereocenters. The molecule has 0 N–H and O–H groups in total. The van der Waals surface area contributed by atoms with Crippen LogP contribution in [0, 0.1) is 0 Å². The Morgan fingerprint density at radius 3 is 2.55 bits per heavy atom. The molecule has 0 bridgehead atoms. The van der Waals surface area contributed by atoms with Gasteiger partial charge in [-0.3, -0.25) is 4.79 Å². The number of unbranched alkanes of at least 4 members (excludes halogenated alkanes) is 1. The number of amides is 1. The summed E-state index contributed by atoms with van der Waals surface area (Å²) < 4.78 is 24.8. The van der Waals surface area contributed by atoms with E-state index < -0.39 is 10.0 Å². The highest BCUT2D eigenvalue weighted by Crippen LogP contribution is 2.20. The van der Waals surface area contributed by atoms with Crippen LogP contribution in [0.1, 0.15) is 52.4 Å². The van der Waals surface area contributed by atoms with Gasteiger partial charge in [-0.05, 0) is 32.1 Å². The predicted octanol–water partition coefficient (Wildman–Crippen LogP) is 1.84. The number of hydrogen-bond acceptors (Lipinski definition) is 3. The van der Waals surface area contributed by atoms with E-state index in [1.54, 1.807) is 0 Å². The Kier molecular flexibility index (Phi) is 6.95. The fraction of sp³-hybridized carbons (Fsp3) is 0.929. The van der Waals surface area contributed by atoms with E-state index in [0.717, 1.165) is 45.1 Å². The minimum absolute atomic E-state index is 0.00463. The lowest BCUT2D eigenvalue weighted by Gasteiger charge is -2.36. The molecule has 0 aromatic rings. The van der Waals surface area contributed by atoms with Crippen molar-refractivity contribution in [2.45, 2.75) is 58.4 Å². The van der Waals surface area contributed by atoms with Crippen LogP contribution in [-0.2, 0) is 14.8 Å². The highest BCUT2D eigenvalue weighted by molar-refractivity contribution is 7.88. The Hall–Kier alpha value is -0.620. The first-order valence-electron chi connectivity index (χ1n) is 7.64. The highest BCUT2D eigenvalue weighted by atomic mass is 32.2. The average Bonchev–Trinajstić information content (AvgIpc) is 2.41. The molecular weight excluding hydrogens is 276 g/mol.